The minimum atomic E-state index is -0.645. The summed E-state index contributed by atoms with van der Waals surface area (Å²) in [6.45, 7) is 8.42. The second-order valence-electron chi connectivity index (χ2n) is 10.7. The fourth-order valence-electron chi connectivity index (χ4n) is 5.17. The normalized spacial score (nSPS) is 16.7. The SMILES string of the molecule is C=CC[C@H](CC(=O)N1CCC[C@H]1CO)C(=O)N[C@@H](COCc1ccccc1)COC(=O)[C@H](CC=C)Cc1ccccc1. The Morgan fingerprint density at radius 2 is 1.60 bits per heavy atom. The Morgan fingerprint density at radius 3 is 2.24 bits per heavy atom. The lowest BCUT2D eigenvalue weighted by Crippen LogP contribution is -2.46. The van der Waals surface area contributed by atoms with Crippen LogP contribution in [0.25, 0.3) is 0 Å². The number of likely N-dealkylation sites (tertiary alicyclic amines) is 1. The van der Waals surface area contributed by atoms with E-state index in [9.17, 15) is 19.5 Å². The summed E-state index contributed by atoms with van der Waals surface area (Å²) < 4.78 is 11.6. The smallest absolute Gasteiger partial charge is 0.309 e. The van der Waals surface area contributed by atoms with Crippen molar-refractivity contribution < 1.29 is 29.0 Å². The Kier molecular flexibility index (Phi) is 14.0. The molecular weight excluding hydrogens is 532 g/mol. The Hall–Kier alpha value is -3.75. The number of carbonyl (C=O) groups is 3. The minimum Gasteiger partial charge on any atom is -0.463 e. The van der Waals surface area contributed by atoms with Crippen molar-refractivity contribution in [2.24, 2.45) is 11.8 Å². The van der Waals surface area contributed by atoms with Crippen LogP contribution in [0.5, 0.6) is 0 Å². The van der Waals surface area contributed by atoms with Gasteiger partial charge in [-0.2, -0.15) is 0 Å². The van der Waals surface area contributed by atoms with Crippen molar-refractivity contribution in [2.45, 2.75) is 57.2 Å². The van der Waals surface area contributed by atoms with Crippen molar-refractivity contribution in [2.75, 3.05) is 26.4 Å². The molecule has 42 heavy (non-hydrogen) atoms. The van der Waals surface area contributed by atoms with Crippen LogP contribution in [-0.4, -0.2) is 66.2 Å². The quantitative estimate of drug-likeness (QED) is 0.203. The largest absolute Gasteiger partial charge is 0.463 e. The number of rotatable bonds is 18. The van der Waals surface area contributed by atoms with Crippen LogP contribution in [0.2, 0.25) is 0 Å². The van der Waals surface area contributed by atoms with Gasteiger partial charge in [-0.3, -0.25) is 14.4 Å². The molecule has 8 nitrogen and oxygen atoms in total. The van der Waals surface area contributed by atoms with Crippen molar-refractivity contribution in [1.29, 1.82) is 0 Å². The third kappa shape index (κ3) is 10.6. The number of amides is 2. The summed E-state index contributed by atoms with van der Waals surface area (Å²) in [4.78, 5) is 41.2. The monoisotopic (exact) mass is 576 g/mol. The van der Waals surface area contributed by atoms with E-state index in [1.54, 1.807) is 17.1 Å². The highest BCUT2D eigenvalue weighted by atomic mass is 16.5. The molecule has 226 valence electrons. The van der Waals surface area contributed by atoms with E-state index < -0.39 is 17.9 Å². The van der Waals surface area contributed by atoms with Gasteiger partial charge < -0.3 is 24.8 Å². The summed E-state index contributed by atoms with van der Waals surface area (Å²) >= 11 is 0. The number of carbonyl (C=O) groups excluding carboxylic acids is 3. The first kappa shape index (κ1) is 32.8. The van der Waals surface area contributed by atoms with E-state index in [4.69, 9.17) is 9.47 Å². The summed E-state index contributed by atoms with van der Waals surface area (Å²) in [5, 5.41) is 12.6. The first-order chi connectivity index (χ1) is 20.4. The number of hydrogen-bond acceptors (Lipinski definition) is 6. The Bertz CT molecular complexity index is 1140. The Balaban J connectivity index is 1.65. The number of aliphatic hydroxyl groups is 1. The van der Waals surface area contributed by atoms with E-state index in [2.05, 4.69) is 18.5 Å². The fraction of sp³-hybridized carbons (Fsp3) is 0.441. The van der Waals surface area contributed by atoms with Gasteiger partial charge in [0.2, 0.25) is 11.8 Å². The molecule has 2 aromatic carbocycles. The highest BCUT2D eigenvalue weighted by Crippen LogP contribution is 2.21. The molecule has 3 rings (SSSR count). The number of nitrogens with zero attached hydrogens (tertiary/aromatic N) is 1. The zero-order chi connectivity index (χ0) is 30.2. The van der Waals surface area contributed by atoms with Crippen LogP contribution >= 0.6 is 0 Å². The maximum Gasteiger partial charge on any atom is 0.309 e. The summed E-state index contributed by atoms with van der Waals surface area (Å²) in [5.41, 5.74) is 2.00. The van der Waals surface area contributed by atoms with Crippen LogP contribution in [0.15, 0.2) is 86.0 Å². The molecule has 0 aromatic heterocycles. The summed E-state index contributed by atoms with van der Waals surface area (Å²) in [6.07, 6.45) is 6.20. The third-order valence-electron chi connectivity index (χ3n) is 7.46. The predicted molar refractivity (Wildman–Crippen MR) is 162 cm³/mol. The number of benzene rings is 2. The van der Waals surface area contributed by atoms with Gasteiger partial charge in [0.25, 0.3) is 0 Å². The lowest BCUT2D eigenvalue weighted by Gasteiger charge is -2.26. The summed E-state index contributed by atoms with van der Waals surface area (Å²) in [7, 11) is 0. The van der Waals surface area contributed by atoms with Gasteiger partial charge in [-0.15, -0.1) is 13.2 Å². The summed E-state index contributed by atoms with van der Waals surface area (Å²) in [6, 6.07) is 18.6. The van der Waals surface area contributed by atoms with E-state index >= 15 is 0 Å². The van der Waals surface area contributed by atoms with Crippen LogP contribution in [0.4, 0.5) is 0 Å². The number of aliphatic hydroxyl groups excluding tert-OH is 1. The summed E-state index contributed by atoms with van der Waals surface area (Å²) in [5.74, 6) is -1.92. The lowest BCUT2D eigenvalue weighted by molar-refractivity contribution is -0.150. The van der Waals surface area contributed by atoms with Crippen molar-refractivity contribution in [3.05, 3.63) is 97.1 Å². The number of hydrogen-bond donors (Lipinski definition) is 2. The van der Waals surface area contributed by atoms with Crippen LogP contribution in [0.3, 0.4) is 0 Å². The number of allylic oxidation sites excluding steroid dienone is 2. The third-order valence-corrected chi connectivity index (χ3v) is 7.46. The van der Waals surface area contributed by atoms with Crippen molar-refractivity contribution in [3.8, 4) is 0 Å². The van der Waals surface area contributed by atoms with Crippen molar-refractivity contribution >= 4 is 17.8 Å². The molecule has 8 heteroatoms. The average molecular weight is 577 g/mol. The van der Waals surface area contributed by atoms with Gasteiger partial charge in [0.15, 0.2) is 0 Å². The number of nitrogens with one attached hydrogen (secondary N) is 1. The molecule has 2 N–H and O–H groups in total. The number of esters is 1. The maximum absolute atomic E-state index is 13.4. The second-order valence-corrected chi connectivity index (χ2v) is 10.7. The predicted octanol–water partition coefficient (Wildman–Crippen LogP) is 4.23. The standard InChI is InChI=1S/C34H44N2O6/c1-3-12-28(21-32(38)36-19-11-18-31(36)22-37)33(39)35-30(24-41-23-27-16-9-6-10-17-27)25-42-34(40)29(13-4-2)20-26-14-7-5-8-15-26/h3-10,14-17,28-31,37H,1-2,11-13,18-25H2,(H,35,39)/t28-,29-,30+,31+/m1/s1. The lowest BCUT2D eigenvalue weighted by atomic mass is 9.96. The molecule has 4 atom stereocenters. The maximum atomic E-state index is 13.4. The molecule has 0 aliphatic carbocycles. The van der Waals surface area contributed by atoms with E-state index in [1.807, 2.05) is 60.7 Å². The van der Waals surface area contributed by atoms with Gasteiger partial charge in [0.05, 0.1) is 43.7 Å². The molecule has 0 spiro atoms. The molecule has 0 saturated carbocycles. The highest BCUT2D eigenvalue weighted by Gasteiger charge is 2.32. The first-order valence-electron chi connectivity index (χ1n) is 14.7. The molecule has 1 aliphatic rings. The highest BCUT2D eigenvalue weighted by molar-refractivity contribution is 5.86. The molecule has 1 aliphatic heterocycles. The molecule has 0 bridgehead atoms. The number of ether oxygens (including phenoxy) is 2. The van der Waals surface area contributed by atoms with Gasteiger partial charge in [0.1, 0.15) is 6.61 Å². The zero-order valence-corrected chi connectivity index (χ0v) is 24.4. The van der Waals surface area contributed by atoms with Crippen molar-refractivity contribution in [1.82, 2.24) is 10.2 Å². The average Bonchev–Trinajstić information content (AvgIpc) is 3.49. The van der Waals surface area contributed by atoms with E-state index in [0.717, 1.165) is 24.0 Å². The van der Waals surface area contributed by atoms with Gasteiger partial charge in [0, 0.05) is 13.0 Å². The van der Waals surface area contributed by atoms with Crippen LogP contribution in [0, 0.1) is 11.8 Å². The molecule has 1 saturated heterocycles. The van der Waals surface area contributed by atoms with Gasteiger partial charge in [-0.25, -0.2) is 0 Å². The van der Waals surface area contributed by atoms with Gasteiger partial charge in [-0.05, 0) is 43.2 Å². The molecule has 2 amide bonds. The van der Waals surface area contributed by atoms with Gasteiger partial charge >= 0.3 is 5.97 Å². The minimum absolute atomic E-state index is 0.00418. The molecule has 1 fully saturated rings. The van der Waals surface area contributed by atoms with Crippen LogP contribution in [0.1, 0.15) is 43.2 Å². The van der Waals surface area contributed by atoms with Gasteiger partial charge in [-0.1, -0.05) is 72.8 Å². The molecule has 2 aromatic rings. The molecule has 1 heterocycles. The fourth-order valence-corrected chi connectivity index (χ4v) is 5.17. The molecule has 0 unspecified atom stereocenters. The van der Waals surface area contributed by atoms with E-state index in [1.165, 1.54) is 0 Å². The van der Waals surface area contributed by atoms with E-state index in [0.29, 0.717) is 32.4 Å². The first-order valence-corrected chi connectivity index (χ1v) is 14.7. The van der Waals surface area contributed by atoms with Crippen LogP contribution < -0.4 is 5.32 Å². The molecular formula is C34H44N2O6. The second kappa shape index (κ2) is 17.9. The van der Waals surface area contributed by atoms with Crippen LogP contribution in [-0.2, 0) is 36.9 Å². The topological polar surface area (TPSA) is 105 Å². The van der Waals surface area contributed by atoms with Crippen molar-refractivity contribution in [3.63, 3.8) is 0 Å². The Morgan fingerprint density at radius 1 is 0.952 bits per heavy atom. The van der Waals surface area contributed by atoms with E-state index in [-0.39, 0.29) is 50.1 Å². The Labute approximate surface area is 249 Å². The molecule has 0 radical (unpaired) electrons. The zero-order valence-electron chi connectivity index (χ0n) is 24.4.